The molecule has 0 aliphatic heterocycles. The zero-order valence-corrected chi connectivity index (χ0v) is 18.4. The summed E-state index contributed by atoms with van der Waals surface area (Å²) in [5, 5.41) is 31.6. The Balaban J connectivity index is 2.12. The van der Waals surface area contributed by atoms with Crippen LogP contribution in [-0.2, 0) is 9.53 Å². The van der Waals surface area contributed by atoms with Gasteiger partial charge >= 0.3 is 5.97 Å². The second kappa shape index (κ2) is 9.19. The molecule has 0 aliphatic carbocycles. The highest BCUT2D eigenvalue weighted by molar-refractivity contribution is 5.93. The first-order valence-electron chi connectivity index (χ1n) is 10.4. The third kappa shape index (κ3) is 3.90. The van der Waals surface area contributed by atoms with E-state index in [1.807, 2.05) is 0 Å². The second-order valence-corrected chi connectivity index (χ2v) is 7.58. The lowest BCUT2D eigenvalue weighted by Gasteiger charge is -2.22. The Morgan fingerprint density at radius 3 is 2.29 bits per heavy atom. The number of carbonyl (C=O) groups is 1. The van der Waals surface area contributed by atoms with Crippen molar-refractivity contribution < 1.29 is 34.0 Å². The summed E-state index contributed by atoms with van der Waals surface area (Å²) < 4.78 is 16.3. The predicted octanol–water partition coefficient (Wildman–Crippen LogP) is 4.28. The normalized spacial score (nSPS) is 11.8. The zero-order valence-electron chi connectivity index (χ0n) is 18.4. The molecule has 0 amide bonds. The van der Waals surface area contributed by atoms with Crippen LogP contribution < -0.4 is 10.2 Å². The number of phenolic OH excluding ortho intramolecular Hbond substituents is 3. The van der Waals surface area contributed by atoms with Crippen LogP contribution in [0.3, 0.4) is 0 Å². The number of hydrogen-bond donors (Lipinski definition) is 3. The number of rotatable bonds is 6. The van der Waals surface area contributed by atoms with Crippen LogP contribution in [0.5, 0.6) is 23.0 Å². The van der Waals surface area contributed by atoms with E-state index < -0.39 is 34.6 Å². The van der Waals surface area contributed by atoms with E-state index in [1.54, 1.807) is 54.6 Å². The third-order valence-electron chi connectivity index (χ3n) is 5.65. The quantitative estimate of drug-likeness (QED) is 0.286. The van der Waals surface area contributed by atoms with Gasteiger partial charge in [0.05, 0.1) is 20.6 Å². The summed E-state index contributed by atoms with van der Waals surface area (Å²) in [6, 6.07) is 16.8. The van der Waals surface area contributed by atoms with Crippen LogP contribution >= 0.6 is 0 Å². The SMILES string of the molecule is COC(=O)C[C@@H](c1ccccc1OC)c1c(O)c(O)c(O)c2c(=O)cc(-c3ccccc3)oc12. The average molecular weight is 462 g/mol. The molecule has 4 aromatic rings. The van der Waals surface area contributed by atoms with Crippen LogP contribution in [0.4, 0.5) is 0 Å². The molecule has 3 N–H and O–H groups in total. The van der Waals surface area contributed by atoms with Gasteiger partial charge in [-0.1, -0.05) is 48.5 Å². The van der Waals surface area contributed by atoms with Gasteiger partial charge in [-0.2, -0.15) is 0 Å². The molecule has 8 heteroatoms. The number of methoxy groups -OCH3 is 2. The maximum absolute atomic E-state index is 13.0. The summed E-state index contributed by atoms with van der Waals surface area (Å²) in [4.78, 5) is 25.4. The molecule has 1 heterocycles. The zero-order chi connectivity index (χ0) is 24.4. The molecule has 174 valence electrons. The van der Waals surface area contributed by atoms with Gasteiger partial charge < -0.3 is 29.2 Å². The number of hydrogen-bond acceptors (Lipinski definition) is 8. The Morgan fingerprint density at radius 2 is 1.62 bits per heavy atom. The molecule has 3 aromatic carbocycles. The van der Waals surface area contributed by atoms with Crippen molar-refractivity contribution >= 4 is 16.9 Å². The summed E-state index contributed by atoms with van der Waals surface area (Å²) in [5.41, 5.74) is 0.200. The lowest BCUT2D eigenvalue weighted by molar-refractivity contribution is -0.140. The molecule has 0 bridgehead atoms. The van der Waals surface area contributed by atoms with Crippen molar-refractivity contribution in [3.8, 4) is 34.3 Å². The molecular weight excluding hydrogens is 440 g/mol. The molecule has 0 radical (unpaired) electrons. The minimum atomic E-state index is -0.952. The fourth-order valence-electron chi connectivity index (χ4n) is 4.01. The van der Waals surface area contributed by atoms with Crippen LogP contribution in [0.15, 0.2) is 69.9 Å². The molecule has 0 saturated carbocycles. The standard InChI is InChI=1S/C26H22O8/c1-32-18-11-7-6-10-15(18)16(12-20(28)33-2)21-23(29)25(31)24(30)22-17(27)13-19(34-26(21)22)14-8-4-3-5-9-14/h3-11,13,16,29-31H,12H2,1-2H3/t16-/m0/s1. The first-order chi connectivity index (χ1) is 16.4. The lowest BCUT2D eigenvalue weighted by atomic mass is 9.85. The molecule has 1 atom stereocenters. The third-order valence-corrected chi connectivity index (χ3v) is 5.65. The Labute approximate surface area is 194 Å². The number of phenols is 3. The van der Waals surface area contributed by atoms with Crippen molar-refractivity contribution in [1.82, 2.24) is 0 Å². The number of benzene rings is 3. The second-order valence-electron chi connectivity index (χ2n) is 7.58. The number of aromatic hydroxyl groups is 3. The van der Waals surface area contributed by atoms with Crippen molar-refractivity contribution in [3.63, 3.8) is 0 Å². The molecule has 1 aromatic heterocycles. The van der Waals surface area contributed by atoms with Gasteiger partial charge in [0, 0.05) is 28.7 Å². The average Bonchev–Trinajstić information content (AvgIpc) is 2.86. The van der Waals surface area contributed by atoms with Crippen molar-refractivity contribution in [2.75, 3.05) is 14.2 Å². The van der Waals surface area contributed by atoms with Gasteiger partial charge in [-0.15, -0.1) is 0 Å². The Bertz CT molecular complexity index is 1420. The number of carbonyl (C=O) groups excluding carboxylic acids is 1. The van der Waals surface area contributed by atoms with E-state index in [2.05, 4.69) is 0 Å². The van der Waals surface area contributed by atoms with Crippen molar-refractivity contribution in [2.45, 2.75) is 12.3 Å². The van der Waals surface area contributed by atoms with Gasteiger partial charge in [0.2, 0.25) is 5.75 Å². The molecule has 34 heavy (non-hydrogen) atoms. The van der Waals surface area contributed by atoms with Crippen molar-refractivity contribution in [3.05, 3.63) is 82.0 Å². The molecule has 0 fully saturated rings. The molecule has 0 aliphatic rings. The number of esters is 1. The maximum Gasteiger partial charge on any atom is 0.306 e. The maximum atomic E-state index is 13.0. The summed E-state index contributed by atoms with van der Waals surface area (Å²) in [7, 11) is 2.68. The van der Waals surface area contributed by atoms with Gasteiger partial charge in [-0.3, -0.25) is 9.59 Å². The summed E-state index contributed by atoms with van der Waals surface area (Å²) in [5.74, 6) is -3.42. The lowest BCUT2D eigenvalue weighted by Crippen LogP contribution is -2.13. The fourth-order valence-corrected chi connectivity index (χ4v) is 4.01. The number of fused-ring (bicyclic) bond motifs is 1. The van der Waals surface area contributed by atoms with E-state index in [4.69, 9.17) is 13.9 Å². The Hall–Kier alpha value is -4.46. The van der Waals surface area contributed by atoms with Gasteiger partial charge in [0.15, 0.2) is 16.9 Å². The van der Waals surface area contributed by atoms with Crippen molar-refractivity contribution in [2.24, 2.45) is 0 Å². The van der Waals surface area contributed by atoms with Crippen LogP contribution in [-0.4, -0.2) is 35.5 Å². The smallest absolute Gasteiger partial charge is 0.306 e. The van der Waals surface area contributed by atoms with Gasteiger partial charge in [0.25, 0.3) is 0 Å². The predicted molar refractivity (Wildman–Crippen MR) is 124 cm³/mol. The largest absolute Gasteiger partial charge is 0.504 e. The first kappa shape index (κ1) is 22.7. The topological polar surface area (TPSA) is 126 Å². The summed E-state index contributed by atoms with van der Waals surface area (Å²) in [6.45, 7) is 0. The molecule has 4 rings (SSSR count). The molecule has 0 unspecified atom stereocenters. The van der Waals surface area contributed by atoms with Gasteiger partial charge in [-0.05, 0) is 6.07 Å². The van der Waals surface area contributed by atoms with Crippen LogP contribution in [0.25, 0.3) is 22.3 Å². The van der Waals surface area contributed by atoms with Crippen LogP contribution in [0, 0.1) is 0 Å². The molecule has 8 nitrogen and oxygen atoms in total. The molecule has 0 spiro atoms. The van der Waals surface area contributed by atoms with E-state index >= 15 is 0 Å². The van der Waals surface area contributed by atoms with E-state index in [0.717, 1.165) is 0 Å². The van der Waals surface area contributed by atoms with Crippen molar-refractivity contribution in [1.29, 1.82) is 0 Å². The Morgan fingerprint density at radius 1 is 0.941 bits per heavy atom. The highest BCUT2D eigenvalue weighted by Crippen LogP contribution is 2.50. The monoisotopic (exact) mass is 462 g/mol. The number of para-hydroxylation sites is 1. The summed E-state index contributed by atoms with van der Waals surface area (Å²) in [6.07, 6.45) is -0.275. The highest BCUT2D eigenvalue weighted by Gasteiger charge is 2.32. The van der Waals surface area contributed by atoms with Crippen LogP contribution in [0.1, 0.15) is 23.5 Å². The van der Waals surface area contributed by atoms with E-state index in [9.17, 15) is 24.9 Å². The van der Waals surface area contributed by atoms with Gasteiger partial charge in [-0.25, -0.2) is 0 Å². The van der Waals surface area contributed by atoms with E-state index in [0.29, 0.717) is 16.9 Å². The Kier molecular flexibility index (Phi) is 6.14. The van der Waals surface area contributed by atoms with Crippen LogP contribution in [0.2, 0.25) is 0 Å². The fraction of sp³-hybridized carbons (Fsp3) is 0.154. The summed E-state index contributed by atoms with van der Waals surface area (Å²) >= 11 is 0. The van der Waals surface area contributed by atoms with E-state index in [1.165, 1.54) is 20.3 Å². The number of ether oxygens (including phenoxy) is 2. The molecule has 0 saturated heterocycles. The van der Waals surface area contributed by atoms with Gasteiger partial charge in [0.1, 0.15) is 22.5 Å². The minimum Gasteiger partial charge on any atom is -0.504 e. The van der Waals surface area contributed by atoms with E-state index in [-0.39, 0.29) is 28.7 Å². The minimum absolute atomic E-state index is 0.0601. The first-order valence-corrected chi connectivity index (χ1v) is 10.4. The molecular formula is C26H22O8. The highest BCUT2D eigenvalue weighted by atomic mass is 16.5.